The predicted molar refractivity (Wildman–Crippen MR) is 46.4 cm³/mol. The van der Waals surface area contributed by atoms with Crippen molar-refractivity contribution in [2.45, 2.75) is 26.7 Å². The first-order valence-corrected chi connectivity index (χ1v) is 4.38. The van der Waals surface area contributed by atoms with E-state index < -0.39 is 36.3 Å². The van der Waals surface area contributed by atoms with E-state index in [2.05, 4.69) is 4.74 Å². The van der Waals surface area contributed by atoms with Gasteiger partial charge in [-0.25, -0.2) is 8.78 Å². The zero-order valence-electron chi connectivity index (χ0n) is 8.46. The molecular formula is C9H12F2O4. The molecule has 0 aromatic heterocycles. The van der Waals surface area contributed by atoms with Gasteiger partial charge >= 0.3 is 5.97 Å². The van der Waals surface area contributed by atoms with Gasteiger partial charge < -0.3 is 4.74 Å². The summed E-state index contributed by atoms with van der Waals surface area (Å²) in [5, 5.41) is 0. The topological polar surface area (TPSA) is 60.4 Å². The van der Waals surface area contributed by atoms with Gasteiger partial charge in [0.15, 0.2) is 5.78 Å². The van der Waals surface area contributed by atoms with Gasteiger partial charge in [0.25, 0.3) is 6.43 Å². The van der Waals surface area contributed by atoms with Crippen molar-refractivity contribution >= 4 is 17.5 Å². The summed E-state index contributed by atoms with van der Waals surface area (Å²) in [6.07, 6.45) is -3.97. The fourth-order valence-electron chi connectivity index (χ4n) is 0.926. The molecule has 0 spiro atoms. The minimum absolute atomic E-state index is 0.0332. The van der Waals surface area contributed by atoms with E-state index >= 15 is 0 Å². The van der Waals surface area contributed by atoms with E-state index in [4.69, 9.17) is 0 Å². The summed E-state index contributed by atoms with van der Waals surface area (Å²) in [6.45, 7) is 2.61. The van der Waals surface area contributed by atoms with Crippen LogP contribution >= 0.6 is 0 Å². The van der Waals surface area contributed by atoms with Crippen LogP contribution in [0.1, 0.15) is 20.3 Å². The summed E-state index contributed by atoms with van der Waals surface area (Å²) in [5.74, 6) is -4.42. The summed E-state index contributed by atoms with van der Waals surface area (Å²) in [5.41, 5.74) is 0. The van der Waals surface area contributed by atoms with E-state index in [9.17, 15) is 23.2 Å². The number of halogens is 2. The number of esters is 1. The van der Waals surface area contributed by atoms with Crippen molar-refractivity contribution < 1.29 is 27.9 Å². The van der Waals surface area contributed by atoms with Crippen LogP contribution in [0, 0.1) is 5.92 Å². The molecule has 1 unspecified atom stereocenters. The number of carbonyl (C=O) groups excluding carboxylic acids is 3. The van der Waals surface area contributed by atoms with Crippen molar-refractivity contribution in [3.63, 3.8) is 0 Å². The van der Waals surface area contributed by atoms with Crippen LogP contribution < -0.4 is 0 Å². The molecular weight excluding hydrogens is 210 g/mol. The number of ether oxygens (including phenoxy) is 1. The van der Waals surface area contributed by atoms with Gasteiger partial charge in [-0.15, -0.1) is 0 Å². The Kier molecular flexibility index (Phi) is 5.66. The normalized spacial score (nSPS) is 12.3. The molecule has 0 aliphatic rings. The number of ketones is 2. The summed E-state index contributed by atoms with van der Waals surface area (Å²) in [4.78, 5) is 32.7. The fraction of sp³-hybridized carbons (Fsp3) is 0.667. The second-order valence-electron chi connectivity index (χ2n) is 2.89. The molecule has 0 aromatic rings. The van der Waals surface area contributed by atoms with Crippen molar-refractivity contribution in [1.29, 1.82) is 0 Å². The van der Waals surface area contributed by atoms with E-state index in [0.29, 0.717) is 0 Å². The van der Waals surface area contributed by atoms with Gasteiger partial charge in [-0.05, 0) is 13.8 Å². The van der Waals surface area contributed by atoms with E-state index in [0.717, 1.165) is 6.92 Å². The van der Waals surface area contributed by atoms with Crippen LogP contribution in [0.2, 0.25) is 0 Å². The second-order valence-corrected chi connectivity index (χ2v) is 2.89. The zero-order valence-corrected chi connectivity index (χ0v) is 8.46. The highest BCUT2D eigenvalue weighted by Gasteiger charge is 2.30. The summed E-state index contributed by atoms with van der Waals surface area (Å²) < 4.78 is 28.3. The van der Waals surface area contributed by atoms with Gasteiger partial charge in [0.1, 0.15) is 11.7 Å². The highest BCUT2D eigenvalue weighted by molar-refractivity contribution is 6.01. The van der Waals surface area contributed by atoms with E-state index in [1.165, 1.54) is 6.92 Å². The molecule has 4 nitrogen and oxygen atoms in total. The lowest BCUT2D eigenvalue weighted by Crippen LogP contribution is -2.28. The van der Waals surface area contributed by atoms with Crippen LogP contribution in [0.15, 0.2) is 0 Å². The Labute approximate surface area is 85.6 Å². The minimum Gasteiger partial charge on any atom is -0.465 e. The molecule has 0 fully saturated rings. The third kappa shape index (κ3) is 4.62. The van der Waals surface area contributed by atoms with Crippen LogP contribution in [-0.4, -0.2) is 30.6 Å². The molecule has 0 heterocycles. The third-order valence-electron chi connectivity index (χ3n) is 1.71. The van der Waals surface area contributed by atoms with Gasteiger partial charge in [-0.2, -0.15) is 0 Å². The van der Waals surface area contributed by atoms with Gasteiger partial charge in [-0.1, -0.05) is 0 Å². The molecule has 0 rings (SSSR count). The van der Waals surface area contributed by atoms with E-state index in [1.54, 1.807) is 0 Å². The number of hydrogen-bond acceptors (Lipinski definition) is 4. The fourth-order valence-corrected chi connectivity index (χ4v) is 0.926. The Hall–Kier alpha value is -1.33. The van der Waals surface area contributed by atoms with Gasteiger partial charge in [-0.3, -0.25) is 14.4 Å². The van der Waals surface area contributed by atoms with Crippen LogP contribution in [0.25, 0.3) is 0 Å². The summed E-state index contributed by atoms with van der Waals surface area (Å²) >= 11 is 0. The largest absolute Gasteiger partial charge is 0.465 e. The summed E-state index contributed by atoms with van der Waals surface area (Å²) in [7, 11) is 0. The van der Waals surface area contributed by atoms with E-state index in [-0.39, 0.29) is 6.61 Å². The summed E-state index contributed by atoms with van der Waals surface area (Å²) in [6, 6.07) is 0. The molecule has 0 amide bonds. The highest BCUT2D eigenvalue weighted by Crippen LogP contribution is 2.11. The van der Waals surface area contributed by atoms with Crippen molar-refractivity contribution in [3.8, 4) is 0 Å². The molecule has 0 saturated carbocycles. The quantitative estimate of drug-likeness (QED) is 0.496. The Bertz CT molecular complexity index is 263. The monoisotopic (exact) mass is 222 g/mol. The average Bonchev–Trinajstić information content (AvgIpc) is 2.13. The third-order valence-corrected chi connectivity index (χ3v) is 1.71. The van der Waals surface area contributed by atoms with Gasteiger partial charge in [0, 0.05) is 6.42 Å². The second kappa shape index (κ2) is 6.21. The molecule has 0 saturated heterocycles. The van der Waals surface area contributed by atoms with Crippen molar-refractivity contribution in [2.24, 2.45) is 5.92 Å². The van der Waals surface area contributed by atoms with Crippen LogP contribution in [0.5, 0.6) is 0 Å². The smallest absolute Gasteiger partial charge is 0.316 e. The maximum Gasteiger partial charge on any atom is 0.316 e. The molecule has 0 bridgehead atoms. The standard InChI is InChI=1S/C9H12F2O4/c1-3-15-9(14)6(5(2)12)4-7(13)8(10)11/h6,8H,3-4H2,1-2H3. The van der Waals surface area contributed by atoms with Crippen molar-refractivity contribution in [2.75, 3.05) is 6.61 Å². The predicted octanol–water partition coefficient (Wildman–Crippen LogP) is 0.979. The number of rotatable bonds is 6. The van der Waals surface area contributed by atoms with Crippen LogP contribution in [0.4, 0.5) is 8.78 Å². The molecule has 86 valence electrons. The molecule has 0 N–H and O–H groups in total. The Balaban J connectivity index is 4.48. The lowest BCUT2D eigenvalue weighted by Gasteiger charge is -2.11. The first-order valence-electron chi connectivity index (χ1n) is 4.38. The van der Waals surface area contributed by atoms with Gasteiger partial charge in [0.2, 0.25) is 0 Å². The minimum atomic E-state index is -3.17. The van der Waals surface area contributed by atoms with Crippen LogP contribution in [0.3, 0.4) is 0 Å². The molecule has 0 radical (unpaired) electrons. The van der Waals surface area contributed by atoms with Crippen LogP contribution in [-0.2, 0) is 19.1 Å². The zero-order chi connectivity index (χ0) is 12.0. The number of carbonyl (C=O) groups is 3. The Morgan fingerprint density at radius 2 is 1.80 bits per heavy atom. The highest BCUT2D eigenvalue weighted by atomic mass is 19.3. The van der Waals surface area contributed by atoms with Gasteiger partial charge in [0.05, 0.1) is 6.61 Å². The number of alkyl halides is 2. The maximum absolute atomic E-state index is 11.9. The number of hydrogen-bond donors (Lipinski definition) is 0. The SMILES string of the molecule is CCOC(=O)C(CC(=O)C(F)F)C(C)=O. The average molecular weight is 222 g/mol. The van der Waals surface area contributed by atoms with E-state index in [1.807, 2.05) is 0 Å². The Morgan fingerprint density at radius 3 is 2.13 bits per heavy atom. The molecule has 1 atom stereocenters. The number of Topliss-reactive ketones (excluding diaryl/α,β-unsaturated/α-hetero) is 2. The molecule has 6 heteroatoms. The molecule has 0 aliphatic heterocycles. The maximum atomic E-state index is 11.9. The lowest BCUT2D eigenvalue weighted by atomic mass is 9.99. The van der Waals surface area contributed by atoms with Crippen molar-refractivity contribution in [1.82, 2.24) is 0 Å². The first kappa shape index (κ1) is 13.7. The molecule has 0 aliphatic carbocycles. The molecule has 0 aromatic carbocycles. The lowest BCUT2D eigenvalue weighted by molar-refractivity contribution is -0.153. The Morgan fingerprint density at radius 1 is 1.27 bits per heavy atom. The molecule has 15 heavy (non-hydrogen) atoms. The first-order chi connectivity index (χ1) is 6.90. The van der Waals surface area contributed by atoms with Crippen molar-refractivity contribution in [3.05, 3.63) is 0 Å².